The number of anilines is 2. The molecule has 0 bridgehead atoms. The van der Waals surface area contributed by atoms with Crippen molar-refractivity contribution in [1.29, 1.82) is 0 Å². The summed E-state index contributed by atoms with van der Waals surface area (Å²) in [6, 6.07) is 12.7. The van der Waals surface area contributed by atoms with Crippen molar-refractivity contribution in [3.63, 3.8) is 0 Å². The summed E-state index contributed by atoms with van der Waals surface area (Å²) in [6.45, 7) is 1.87. The number of hydrogen-bond acceptors (Lipinski definition) is 5. The predicted molar refractivity (Wildman–Crippen MR) is 108 cm³/mol. The monoisotopic (exact) mass is 421 g/mol. The lowest BCUT2D eigenvalue weighted by atomic mass is 10.2. The number of para-hydroxylation sites is 1. The summed E-state index contributed by atoms with van der Waals surface area (Å²) in [4.78, 5) is 17.5. The van der Waals surface area contributed by atoms with Crippen molar-refractivity contribution < 1.29 is 13.2 Å². The standard InChI is InChI=1S/C18H16ClN3O3S2/c1-12-11-20-18(26-12)21-17(23)15-10-14(8-9-16(15)19)27(24,25)22(2)13-6-4-3-5-7-13/h3-11H,1-2H3,(H,20,21,23). The third-order valence-electron chi connectivity index (χ3n) is 3.80. The van der Waals surface area contributed by atoms with Gasteiger partial charge in [0.2, 0.25) is 0 Å². The summed E-state index contributed by atoms with van der Waals surface area (Å²) in [5.41, 5.74) is 0.573. The van der Waals surface area contributed by atoms with E-state index in [-0.39, 0.29) is 15.5 Å². The molecule has 0 spiro atoms. The Morgan fingerprint density at radius 1 is 1.19 bits per heavy atom. The number of carbonyl (C=O) groups is 1. The van der Waals surface area contributed by atoms with Gasteiger partial charge in [-0.25, -0.2) is 13.4 Å². The molecule has 1 amide bonds. The van der Waals surface area contributed by atoms with E-state index in [2.05, 4.69) is 10.3 Å². The smallest absolute Gasteiger partial charge is 0.264 e. The molecule has 27 heavy (non-hydrogen) atoms. The number of amides is 1. The van der Waals surface area contributed by atoms with Gasteiger partial charge in [-0.1, -0.05) is 29.8 Å². The number of sulfonamides is 1. The number of rotatable bonds is 5. The van der Waals surface area contributed by atoms with Crippen LogP contribution in [-0.2, 0) is 10.0 Å². The molecular formula is C18H16ClN3O3S2. The Balaban J connectivity index is 1.93. The number of thiazole rings is 1. The minimum absolute atomic E-state index is 0.0290. The van der Waals surface area contributed by atoms with Gasteiger partial charge < -0.3 is 0 Å². The molecule has 0 aliphatic rings. The van der Waals surface area contributed by atoms with Crippen LogP contribution in [0.15, 0.2) is 59.6 Å². The first-order valence-electron chi connectivity index (χ1n) is 7.86. The molecule has 3 aromatic rings. The van der Waals surface area contributed by atoms with E-state index in [1.165, 1.54) is 36.6 Å². The number of halogens is 1. The molecule has 1 aromatic heterocycles. The Morgan fingerprint density at radius 2 is 1.89 bits per heavy atom. The highest BCUT2D eigenvalue weighted by atomic mass is 35.5. The molecule has 0 radical (unpaired) electrons. The summed E-state index contributed by atoms with van der Waals surface area (Å²) in [6.07, 6.45) is 1.64. The average molecular weight is 422 g/mol. The van der Waals surface area contributed by atoms with E-state index in [0.29, 0.717) is 10.8 Å². The number of benzene rings is 2. The van der Waals surface area contributed by atoms with Gasteiger partial charge in [0, 0.05) is 18.1 Å². The first-order chi connectivity index (χ1) is 12.8. The minimum atomic E-state index is -3.85. The summed E-state index contributed by atoms with van der Waals surface area (Å²) < 4.78 is 27.0. The second kappa shape index (κ2) is 7.67. The molecule has 0 saturated heterocycles. The quantitative estimate of drug-likeness (QED) is 0.670. The van der Waals surface area contributed by atoms with Crippen molar-refractivity contribution in [3.8, 4) is 0 Å². The zero-order chi connectivity index (χ0) is 19.6. The Morgan fingerprint density at radius 3 is 2.52 bits per heavy atom. The van der Waals surface area contributed by atoms with Crippen molar-refractivity contribution in [2.24, 2.45) is 0 Å². The lowest BCUT2D eigenvalue weighted by Crippen LogP contribution is -2.27. The number of aryl methyl sites for hydroxylation is 1. The molecule has 0 aliphatic carbocycles. The highest BCUT2D eigenvalue weighted by Crippen LogP contribution is 2.26. The van der Waals surface area contributed by atoms with Gasteiger partial charge in [-0.05, 0) is 37.3 Å². The Kier molecular flexibility index (Phi) is 5.50. The second-order valence-electron chi connectivity index (χ2n) is 5.68. The van der Waals surface area contributed by atoms with Crippen LogP contribution in [0.4, 0.5) is 10.8 Å². The molecule has 2 aromatic carbocycles. The molecule has 0 aliphatic heterocycles. The largest absolute Gasteiger partial charge is 0.298 e. The van der Waals surface area contributed by atoms with E-state index in [4.69, 9.17) is 11.6 Å². The zero-order valence-electron chi connectivity index (χ0n) is 14.5. The number of hydrogen-bond donors (Lipinski definition) is 1. The molecule has 1 heterocycles. The normalized spacial score (nSPS) is 11.2. The van der Waals surface area contributed by atoms with E-state index < -0.39 is 15.9 Å². The van der Waals surface area contributed by atoms with Crippen LogP contribution in [0, 0.1) is 6.92 Å². The Bertz CT molecular complexity index is 1080. The molecule has 0 fully saturated rings. The SMILES string of the molecule is Cc1cnc(NC(=O)c2cc(S(=O)(=O)N(C)c3ccccc3)ccc2Cl)s1. The number of nitrogens with one attached hydrogen (secondary N) is 1. The maximum Gasteiger partial charge on any atom is 0.264 e. The summed E-state index contributed by atoms with van der Waals surface area (Å²) >= 11 is 7.44. The second-order valence-corrected chi connectivity index (χ2v) is 9.29. The molecule has 0 atom stereocenters. The van der Waals surface area contributed by atoms with Crippen molar-refractivity contribution in [2.75, 3.05) is 16.7 Å². The predicted octanol–water partition coefficient (Wildman–Crippen LogP) is 4.18. The topological polar surface area (TPSA) is 79.4 Å². The van der Waals surface area contributed by atoms with Gasteiger partial charge >= 0.3 is 0 Å². The fourth-order valence-corrected chi connectivity index (χ4v) is 4.44. The maximum atomic E-state index is 12.9. The van der Waals surface area contributed by atoms with Crippen LogP contribution in [0.1, 0.15) is 15.2 Å². The molecule has 140 valence electrons. The third-order valence-corrected chi connectivity index (χ3v) is 6.74. The molecular weight excluding hydrogens is 406 g/mol. The van der Waals surface area contributed by atoms with Gasteiger partial charge in [-0.15, -0.1) is 11.3 Å². The lowest BCUT2D eigenvalue weighted by molar-refractivity contribution is 0.102. The van der Waals surface area contributed by atoms with Crippen LogP contribution in [0.5, 0.6) is 0 Å². The summed E-state index contributed by atoms with van der Waals surface area (Å²) in [7, 11) is -2.40. The molecule has 0 saturated carbocycles. The zero-order valence-corrected chi connectivity index (χ0v) is 16.9. The Hall–Kier alpha value is -2.42. The highest BCUT2D eigenvalue weighted by molar-refractivity contribution is 7.92. The number of carbonyl (C=O) groups excluding carboxylic acids is 1. The van der Waals surface area contributed by atoms with Gasteiger partial charge in [0.05, 0.1) is 21.2 Å². The van der Waals surface area contributed by atoms with Gasteiger partial charge in [-0.3, -0.25) is 14.4 Å². The third kappa shape index (κ3) is 4.13. The average Bonchev–Trinajstić information content (AvgIpc) is 3.06. The van der Waals surface area contributed by atoms with E-state index in [1.807, 2.05) is 6.92 Å². The lowest BCUT2D eigenvalue weighted by Gasteiger charge is -2.20. The van der Waals surface area contributed by atoms with Crippen LogP contribution in [0.25, 0.3) is 0 Å². The Labute approximate surface area is 166 Å². The van der Waals surface area contributed by atoms with Gasteiger partial charge in [-0.2, -0.15) is 0 Å². The van der Waals surface area contributed by atoms with Crippen LogP contribution in [0.2, 0.25) is 5.02 Å². The highest BCUT2D eigenvalue weighted by Gasteiger charge is 2.24. The summed E-state index contributed by atoms with van der Waals surface area (Å²) in [5, 5.41) is 3.21. The first kappa shape index (κ1) is 19.3. The van der Waals surface area contributed by atoms with Crippen LogP contribution >= 0.6 is 22.9 Å². The molecule has 0 unspecified atom stereocenters. The number of aromatic nitrogens is 1. The van der Waals surface area contributed by atoms with Gasteiger partial charge in [0.15, 0.2) is 5.13 Å². The van der Waals surface area contributed by atoms with Gasteiger partial charge in [0.25, 0.3) is 15.9 Å². The van der Waals surface area contributed by atoms with Crippen molar-refractivity contribution in [1.82, 2.24) is 4.98 Å². The minimum Gasteiger partial charge on any atom is -0.298 e. The van der Waals surface area contributed by atoms with Gasteiger partial charge in [0.1, 0.15) is 0 Å². The fraction of sp³-hybridized carbons (Fsp3) is 0.111. The van der Waals surface area contributed by atoms with Crippen molar-refractivity contribution >= 4 is 49.7 Å². The molecule has 3 rings (SSSR count). The van der Waals surface area contributed by atoms with E-state index in [0.717, 1.165) is 9.18 Å². The van der Waals surface area contributed by atoms with Crippen LogP contribution in [-0.4, -0.2) is 26.4 Å². The van der Waals surface area contributed by atoms with E-state index in [1.54, 1.807) is 36.5 Å². The molecule has 9 heteroatoms. The van der Waals surface area contributed by atoms with E-state index in [9.17, 15) is 13.2 Å². The fourth-order valence-electron chi connectivity index (χ4n) is 2.35. The summed E-state index contributed by atoms with van der Waals surface area (Å²) in [5.74, 6) is -0.520. The van der Waals surface area contributed by atoms with E-state index >= 15 is 0 Å². The molecule has 6 nitrogen and oxygen atoms in total. The van der Waals surface area contributed by atoms with Crippen LogP contribution < -0.4 is 9.62 Å². The first-order valence-corrected chi connectivity index (χ1v) is 10.5. The van der Waals surface area contributed by atoms with Crippen LogP contribution in [0.3, 0.4) is 0 Å². The molecule has 1 N–H and O–H groups in total. The maximum absolute atomic E-state index is 12.9. The number of nitrogens with zero attached hydrogens (tertiary/aromatic N) is 2. The van der Waals surface area contributed by atoms with Crippen molar-refractivity contribution in [2.45, 2.75) is 11.8 Å². The van der Waals surface area contributed by atoms with Crippen molar-refractivity contribution in [3.05, 3.63) is 70.2 Å².